The molecule has 0 bridgehead atoms. The van der Waals surface area contributed by atoms with Gasteiger partial charge in [-0.05, 0) is 36.6 Å². The zero-order chi connectivity index (χ0) is 15.5. The quantitative estimate of drug-likeness (QED) is 0.758. The summed E-state index contributed by atoms with van der Waals surface area (Å²) in [6.45, 7) is 1.85. The third-order valence-corrected chi connectivity index (χ3v) is 3.78. The van der Waals surface area contributed by atoms with Gasteiger partial charge in [-0.15, -0.1) is 0 Å². The van der Waals surface area contributed by atoms with Gasteiger partial charge in [0.1, 0.15) is 5.52 Å². The molecule has 5 heteroatoms. The van der Waals surface area contributed by atoms with Crippen LogP contribution in [-0.2, 0) is 25.9 Å². The van der Waals surface area contributed by atoms with Crippen molar-refractivity contribution in [3.05, 3.63) is 63.4 Å². The van der Waals surface area contributed by atoms with Crippen LogP contribution < -0.4 is 5.56 Å². The van der Waals surface area contributed by atoms with E-state index in [-0.39, 0.29) is 12.2 Å². The minimum absolute atomic E-state index is 0.149. The molecule has 0 spiro atoms. The highest BCUT2D eigenvalue weighted by atomic mass is 16.3. The summed E-state index contributed by atoms with van der Waals surface area (Å²) in [6.07, 6.45) is 1.89. The maximum absolute atomic E-state index is 12.0. The van der Waals surface area contributed by atoms with Gasteiger partial charge in [-0.3, -0.25) is 4.79 Å². The number of hydrogen-bond acceptors (Lipinski definition) is 4. The van der Waals surface area contributed by atoms with Crippen molar-refractivity contribution < 1.29 is 9.52 Å². The number of rotatable bonds is 5. The molecule has 0 aliphatic carbocycles. The molecule has 1 aromatic carbocycles. The fourth-order valence-electron chi connectivity index (χ4n) is 2.57. The molecule has 0 saturated heterocycles. The molecule has 2 heterocycles. The van der Waals surface area contributed by atoms with Crippen LogP contribution in [0.3, 0.4) is 0 Å². The highest BCUT2D eigenvalue weighted by Crippen LogP contribution is 2.16. The summed E-state index contributed by atoms with van der Waals surface area (Å²) in [7, 11) is 0. The van der Waals surface area contributed by atoms with Gasteiger partial charge in [0, 0.05) is 17.7 Å². The minimum Gasteiger partial charge on any atom is -0.441 e. The number of aromatic nitrogens is 2. The van der Waals surface area contributed by atoms with Crippen LogP contribution in [-0.4, -0.2) is 15.1 Å². The lowest BCUT2D eigenvalue weighted by atomic mass is 10.1. The zero-order valence-corrected chi connectivity index (χ0v) is 12.4. The molecule has 0 aliphatic rings. The first kappa shape index (κ1) is 14.5. The number of aliphatic hydroxyl groups is 1. The van der Waals surface area contributed by atoms with E-state index in [1.807, 2.05) is 37.3 Å². The minimum atomic E-state index is -0.155. The number of benzene rings is 1. The average Bonchev–Trinajstić information content (AvgIpc) is 2.96. The molecule has 3 rings (SSSR count). The monoisotopic (exact) mass is 298 g/mol. The van der Waals surface area contributed by atoms with Crippen molar-refractivity contribution in [1.29, 1.82) is 0 Å². The Bertz CT molecular complexity index is 815. The third-order valence-electron chi connectivity index (χ3n) is 3.78. The van der Waals surface area contributed by atoms with E-state index in [4.69, 9.17) is 4.42 Å². The first-order valence-corrected chi connectivity index (χ1v) is 7.40. The number of nitrogens with zero attached hydrogens (tertiary/aromatic N) is 1. The molecule has 0 unspecified atom stereocenters. The first-order valence-electron chi connectivity index (χ1n) is 7.40. The number of nitrogens with one attached hydrogen (secondary N) is 1. The standard InChI is InChI=1S/C17H18N2O3/c1-2-11-9-12(17(21)19-14(11)10-20)7-8-16-18-13-5-3-4-6-15(13)22-16/h3-6,9,20H,2,7-8,10H2,1H3,(H,19,21). The molecule has 2 aromatic heterocycles. The van der Waals surface area contributed by atoms with Gasteiger partial charge < -0.3 is 14.5 Å². The molecule has 22 heavy (non-hydrogen) atoms. The van der Waals surface area contributed by atoms with Crippen LogP contribution in [0.2, 0.25) is 0 Å². The summed E-state index contributed by atoms with van der Waals surface area (Å²) in [5.74, 6) is 0.630. The Morgan fingerprint density at radius 1 is 1.23 bits per heavy atom. The lowest BCUT2D eigenvalue weighted by molar-refractivity contribution is 0.275. The topological polar surface area (TPSA) is 79.1 Å². The number of fused-ring (bicyclic) bond motifs is 1. The van der Waals surface area contributed by atoms with Gasteiger partial charge in [0.15, 0.2) is 11.5 Å². The summed E-state index contributed by atoms with van der Waals surface area (Å²) in [5, 5.41) is 9.26. The van der Waals surface area contributed by atoms with Crippen molar-refractivity contribution in [1.82, 2.24) is 9.97 Å². The fraction of sp³-hybridized carbons (Fsp3) is 0.294. The summed E-state index contributed by atoms with van der Waals surface area (Å²) in [6, 6.07) is 9.47. The molecule has 2 N–H and O–H groups in total. The van der Waals surface area contributed by atoms with Crippen LogP contribution >= 0.6 is 0 Å². The van der Waals surface area contributed by atoms with Crippen LogP contribution in [0.15, 0.2) is 39.5 Å². The van der Waals surface area contributed by atoms with Gasteiger partial charge in [0.25, 0.3) is 5.56 Å². The van der Waals surface area contributed by atoms with E-state index in [0.29, 0.717) is 30.0 Å². The Morgan fingerprint density at radius 2 is 2.05 bits per heavy atom. The maximum atomic E-state index is 12.0. The number of pyridine rings is 1. The van der Waals surface area contributed by atoms with Gasteiger partial charge in [-0.1, -0.05) is 19.1 Å². The number of hydrogen-bond donors (Lipinski definition) is 2. The highest BCUT2D eigenvalue weighted by Gasteiger charge is 2.10. The number of oxazole rings is 1. The third kappa shape index (κ3) is 2.80. The molecular weight excluding hydrogens is 280 g/mol. The van der Waals surface area contributed by atoms with E-state index in [1.54, 1.807) is 0 Å². The molecule has 0 fully saturated rings. The summed E-state index contributed by atoms with van der Waals surface area (Å²) < 4.78 is 5.67. The summed E-state index contributed by atoms with van der Waals surface area (Å²) in [5.41, 5.74) is 3.69. The summed E-state index contributed by atoms with van der Waals surface area (Å²) in [4.78, 5) is 19.2. The summed E-state index contributed by atoms with van der Waals surface area (Å²) >= 11 is 0. The van der Waals surface area contributed by atoms with E-state index in [9.17, 15) is 9.90 Å². The smallest absolute Gasteiger partial charge is 0.251 e. The second kappa shape index (κ2) is 6.15. The predicted octanol–water partition coefficient (Wildman–Crippen LogP) is 2.36. The Balaban J connectivity index is 1.82. The first-order chi connectivity index (χ1) is 10.7. The van der Waals surface area contributed by atoms with E-state index >= 15 is 0 Å². The fourth-order valence-corrected chi connectivity index (χ4v) is 2.57. The molecule has 0 amide bonds. The van der Waals surface area contributed by atoms with Gasteiger partial charge in [-0.2, -0.15) is 0 Å². The van der Waals surface area contributed by atoms with Gasteiger partial charge in [-0.25, -0.2) is 4.98 Å². The Labute approximate surface area is 127 Å². The number of aromatic amines is 1. The highest BCUT2D eigenvalue weighted by molar-refractivity contribution is 5.72. The Hall–Kier alpha value is -2.40. The van der Waals surface area contributed by atoms with Crippen LogP contribution in [0.25, 0.3) is 11.1 Å². The lowest BCUT2D eigenvalue weighted by Crippen LogP contribution is -2.17. The van der Waals surface area contributed by atoms with Crippen molar-refractivity contribution in [3.8, 4) is 0 Å². The molecule has 0 saturated carbocycles. The van der Waals surface area contributed by atoms with Crippen molar-refractivity contribution in [2.24, 2.45) is 0 Å². The number of para-hydroxylation sites is 2. The predicted molar refractivity (Wildman–Crippen MR) is 83.8 cm³/mol. The SMILES string of the molecule is CCc1cc(CCc2nc3ccccc3o2)c(=O)[nH]c1CO. The van der Waals surface area contributed by atoms with Crippen molar-refractivity contribution in [2.45, 2.75) is 32.8 Å². The van der Waals surface area contributed by atoms with Crippen molar-refractivity contribution >= 4 is 11.1 Å². The van der Waals surface area contributed by atoms with Crippen LogP contribution in [0.4, 0.5) is 0 Å². The Morgan fingerprint density at radius 3 is 2.77 bits per heavy atom. The molecular formula is C17H18N2O3. The van der Waals surface area contributed by atoms with E-state index < -0.39 is 0 Å². The average molecular weight is 298 g/mol. The van der Waals surface area contributed by atoms with Gasteiger partial charge in [0.2, 0.25) is 0 Å². The van der Waals surface area contributed by atoms with Crippen molar-refractivity contribution in [2.75, 3.05) is 0 Å². The molecule has 5 nitrogen and oxygen atoms in total. The van der Waals surface area contributed by atoms with Crippen LogP contribution in [0.5, 0.6) is 0 Å². The van der Waals surface area contributed by atoms with E-state index in [0.717, 1.165) is 23.1 Å². The largest absolute Gasteiger partial charge is 0.441 e. The maximum Gasteiger partial charge on any atom is 0.251 e. The zero-order valence-electron chi connectivity index (χ0n) is 12.4. The molecule has 114 valence electrons. The van der Waals surface area contributed by atoms with E-state index in [2.05, 4.69) is 9.97 Å². The molecule has 0 aliphatic heterocycles. The molecule has 0 atom stereocenters. The molecule has 3 aromatic rings. The molecule has 0 radical (unpaired) electrons. The Kier molecular flexibility index (Phi) is 4.06. The van der Waals surface area contributed by atoms with Crippen LogP contribution in [0.1, 0.15) is 29.6 Å². The van der Waals surface area contributed by atoms with Crippen molar-refractivity contribution in [3.63, 3.8) is 0 Å². The van der Waals surface area contributed by atoms with Gasteiger partial charge >= 0.3 is 0 Å². The van der Waals surface area contributed by atoms with Crippen LogP contribution in [0, 0.1) is 0 Å². The number of aryl methyl sites for hydroxylation is 3. The number of aliphatic hydroxyl groups excluding tert-OH is 1. The van der Waals surface area contributed by atoms with Gasteiger partial charge in [0.05, 0.1) is 6.61 Å². The lowest BCUT2D eigenvalue weighted by Gasteiger charge is -2.07. The second-order valence-electron chi connectivity index (χ2n) is 5.21. The second-order valence-corrected chi connectivity index (χ2v) is 5.21. The van der Waals surface area contributed by atoms with E-state index in [1.165, 1.54) is 0 Å². The normalized spacial score (nSPS) is 11.2. The number of H-pyrrole nitrogens is 1.